The predicted octanol–water partition coefficient (Wildman–Crippen LogP) is 1.99. The predicted molar refractivity (Wildman–Crippen MR) is 63.8 cm³/mol. The molecule has 0 spiro atoms. The minimum absolute atomic E-state index is 0.551. The van der Waals surface area contributed by atoms with Gasteiger partial charge in [0.2, 0.25) is 0 Å². The van der Waals surface area contributed by atoms with E-state index in [-0.39, 0.29) is 0 Å². The molecule has 1 N–H and O–H groups in total. The zero-order valence-corrected chi connectivity index (χ0v) is 10.3. The third-order valence-electron chi connectivity index (χ3n) is 3.02. The lowest BCUT2D eigenvalue weighted by Crippen LogP contribution is -2.29. The normalized spacial score (nSPS) is 15.2. The standard InChI is InChI=1S/C12H23N3/c1-5-10(2)8-12(13-3)9-11-6-7-15(4)14-11/h6-7,10,12-13H,5,8-9H2,1-4H3. The van der Waals surface area contributed by atoms with Gasteiger partial charge in [0.15, 0.2) is 0 Å². The number of nitrogens with zero attached hydrogens (tertiary/aromatic N) is 2. The molecule has 0 amide bonds. The van der Waals surface area contributed by atoms with Crippen molar-refractivity contribution < 1.29 is 0 Å². The maximum atomic E-state index is 4.41. The van der Waals surface area contributed by atoms with Crippen molar-refractivity contribution in [3.8, 4) is 0 Å². The summed E-state index contributed by atoms with van der Waals surface area (Å²) in [7, 11) is 4.00. The number of aryl methyl sites for hydroxylation is 1. The second kappa shape index (κ2) is 5.91. The molecule has 15 heavy (non-hydrogen) atoms. The van der Waals surface area contributed by atoms with Gasteiger partial charge in [0.25, 0.3) is 0 Å². The maximum Gasteiger partial charge on any atom is 0.0639 e. The number of aromatic nitrogens is 2. The van der Waals surface area contributed by atoms with Crippen molar-refractivity contribution in [2.45, 2.75) is 39.2 Å². The lowest BCUT2D eigenvalue weighted by atomic mass is 9.96. The largest absolute Gasteiger partial charge is 0.317 e. The average Bonchev–Trinajstić information content (AvgIpc) is 2.62. The SMILES string of the molecule is CCC(C)CC(Cc1ccn(C)n1)NC. The fourth-order valence-corrected chi connectivity index (χ4v) is 1.78. The van der Waals surface area contributed by atoms with Crippen LogP contribution in [0.15, 0.2) is 12.3 Å². The highest BCUT2D eigenvalue weighted by Crippen LogP contribution is 2.12. The Kier molecular flexibility index (Phi) is 4.82. The number of hydrogen-bond acceptors (Lipinski definition) is 2. The van der Waals surface area contributed by atoms with E-state index in [4.69, 9.17) is 0 Å². The Morgan fingerprint density at radius 2 is 2.27 bits per heavy atom. The van der Waals surface area contributed by atoms with Gasteiger partial charge < -0.3 is 5.32 Å². The Morgan fingerprint density at radius 3 is 2.73 bits per heavy atom. The first-order chi connectivity index (χ1) is 7.15. The van der Waals surface area contributed by atoms with Crippen molar-refractivity contribution in [3.05, 3.63) is 18.0 Å². The third-order valence-corrected chi connectivity index (χ3v) is 3.02. The van der Waals surface area contributed by atoms with Crippen molar-refractivity contribution >= 4 is 0 Å². The van der Waals surface area contributed by atoms with Gasteiger partial charge in [0.1, 0.15) is 0 Å². The summed E-state index contributed by atoms with van der Waals surface area (Å²) in [6, 6.07) is 2.65. The van der Waals surface area contributed by atoms with Gasteiger partial charge in [-0.05, 0) is 25.5 Å². The van der Waals surface area contributed by atoms with E-state index in [1.807, 2.05) is 25.0 Å². The molecule has 0 radical (unpaired) electrons. The zero-order chi connectivity index (χ0) is 11.3. The number of hydrogen-bond donors (Lipinski definition) is 1. The Labute approximate surface area is 92.9 Å². The number of nitrogens with one attached hydrogen (secondary N) is 1. The minimum atomic E-state index is 0.551. The molecule has 1 rings (SSSR count). The van der Waals surface area contributed by atoms with Crippen LogP contribution in [0.4, 0.5) is 0 Å². The lowest BCUT2D eigenvalue weighted by molar-refractivity contribution is 0.407. The summed E-state index contributed by atoms with van der Waals surface area (Å²) >= 11 is 0. The molecule has 0 saturated carbocycles. The van der Waals surface area contributed by atoms with Crippen molar-refractivity contribution in [1.29, 1.82) is 0 Å². The van der Waals surface area contributed by atoms with E-state index in [2.05, 4.69) is 30.3 Å². The van der Waals surface area contributed by atoms with Gasteiger partial charge in [-0.3, -0.25) is 4.68 Å². The molecular formula is C12H23N3. The lowest BCUT2D eigenvalue weighted by Gasteiger charge is -2.18. The van der Waals surface area contributed by atoms with Gasteiger partial charge in [0.05, 0.1) is 5.69 Å². The van der Waals surface area contributed by atoms with Crippen LogP contribution in [0.3, 0.4) is 0 Å². The van der Waals surface area contributed by atoms with Gasteiger partial charge in [0, 0.05) is 25.7 Å². The molecule has 0 aliphatic carbocycles. The molecule has 0 aliphatic heterocycles. The van der Waals surface area contributed by atoms with Crippen LogP contribution in [0.2, 0.25) is 0 Å². The monoisotopic (exact) mass is 209 g/mol. The molecule has 86 valence electrons. The quantitative estimate of drug-likeness (QED) is 0.776. The number of likely N-dealkylation sites (N-methyl/N-ethyl adjacent to an activating group) is 1. The fourth-order valence-electron chi connectivity index (χ4n) is 1.78. The third kappa shape index (κ3) is 4.04. The zero-order valence-electron chi connectivity index (χ0n) is 10.3. The molecule has 0 aromatic carbocycles. The van der Waals surface area contributed by atoms with Crippen LogP contribution in [-0.4, -0.2) is 22.9 Å². The first-order valence-electron chi connectivity index (χ1n) is 5.81. The van der Waals surface area contributed by atoms with Crippen molar-refractivity contribution in [3.63, 3.8) is 0 Å². The molecule has 0 saturated heterocycles. The van der Waals surface area contributed by atoms with E-state index in [0.29, 0.717) is 6.04 Å². The molecule has 0 fully saturated rings. The van der Waals surface area contributed by atoms with Crippen molar-refractivity contribution in [2.75, 3.05) is 7.05 Å². The van der Waals surface area contributed by atoms with Gasteiger partial charge in [-0.15, -0.1) is 0 Å². The van der Waals surface area contributed by atoms with Crippen LogP contribution in [0.5, 0.6) is 0 Å². The molecule has 3 heteroatoms. The molecule has 2 atom stereocenters. The smallest absolute Gasteiger partial charge is 0.0639 e. The highest BCUT2D eigenvalue weighted by molar-refractivity contribution is 5.01. The summed E-state index contributed by atoms with van der Waals surface area (Å²) in [6.45, 7) is 4.56. The number of rotatable bonds is 6. The second-order valence-corrected chi connectivity index (χ2v) is 4.42. The highest BCUT2D eigenvalue weighted by atomic mass is 15.2. The maximum absolute atomic E-state index is 4.41. The second-order valence-electron chi connectivity index (χ2n) is 4.42. The van der Waals surface area contributed by atoms with Crippen molar-refractivity contribution in [2.24, 2.45) is 13.0 Å². The first-order valence-corrected chi connectivity index (χ1v) is 5.81. The average molecular weight is 209 g/mol. The van der Waals surface area contributed by atoms with E-state index in [1.165, 1.54) is 18.5 Å². The summed E-state index contributed by atoms with van der Waals surface area (Å²) in [5.41, 5.74) is 1.18. The molecular weight excluding hydrogens is 186 g/mol. The van der Waals surface area contributed by atoms with E-state index in [1.54, 1.807) is 0 Å². The van der Waals surface area contributed by atoms with Gasteiger partial charge >= 0.3 is 0 Å². The van der Waals surface area contributed by atoms with E-state index in [9.17, 15) is 0 Å². The highest BCUT2D eigenvalue weighted by Gasteiger charge is 2.12. The minimum Gasteiger partial charge on any atom is -0.317 e. The van der Waals surface area contributed by atoms with Crippen LogP contribution in [0, 0.1) is 5.92 Å². The molecule has 0 aliphatic rings. The Morgan fingerprint density at radius 1 is 1.53 bits per heavy atom. The van der Waals surface area contributed by atoms with Crippen molar-refractivity contribution in [1.82, 2.24) is 15.1 Å². The molecule has 0 bridgehead atoms. The van der Waals surface area contributed by atoms with Crippen LogP contribution in [0.1, 0.15) is 32.4 Å². The summed E-state index contributed by atoms with van der Waals surface area (Å²) in [6.07, 6.45) is 5.51. The van der Waals surface area contributed by atoms with Crippen LogP contribution >= 0.6 is 0 Å². The van der Waals surface area contributed by atoms with E-state index >= 15 is 0 Å². The van der Waals surface area contributed by atoms with Crippen LogP contribution < -0.4 is 5.32 Å². The molecule has 1 aromatic rings. The van der Waals surface area contributed by atoms with Gasteiger partial charge in [-0.2, -0.15) is 5.10 Å². The Balaban J connectivity index is 2.46. The Bertz CT molecular complexity index is 280. The molecule has 1 heterocycles. The van der Waals surface area contributed by atoms with Crippen LogP contribution in [0.25, 0.3) is 0 Å². The van der Waals surface area contributed by atoms with Gasteiger partial charge in [-0.1, -0.05) is 20.3 Å². The summed E-state index contributed by atoms with van der Waals surface area (Å²) < 4.78 is 1.87. The van der Waals surface area contributed by atoms with E-state index in [0.717, 1.165) is 12.3 Å². The summed E-state index contributed by atoms with van der Waals surface area (Å²) in [5, 5.41) is 7.78. The molecule has 2 unspecified atom stereocenters. The Hall–Kier alpha value is -0.830. The summed E-state index contributed by atoms with van der Waals surface area (Å²) in [4.78, 5) is 0. The molecule has 1 aromatic heterocycles. The fraction of sp³-hybridized carbons (Fsp3) is 0.750. The first kappa shape index (κ1) is 12.2. The van der Waals surface area contributed by atoms with E-state index < -0.39 is 0 Å². The molecule has 3 nitrogen and oxygen atoms in total. The topological polar surface area (TPSA) is 29.9 Å². The van der Waals surface area contributed by atoms with Crippen LogP contribution in [-0.2, 0) is 13.5 Å². The van der Waals surface area contributed by atoms with Gasteiger partial charge in [-0.25, -0.2) is 0 Å². The summed E-state index contributed by atoms with van der Waals surface area (Å²) in [5.74, 6) is 0.783.